The van der Waals surface area contributed by atoms with Crippen LogP contribution in [-0.2, 0) is 16.1 Å². The smallest absolute Gasteiger partial charge is 0.251 e. The highest BCUT2D eigenvalue weighted by atomic mass is 35.5. The van der Waals surface area contributed by atoms with Gasteiger partial charge in [0.2, 0.25) is 5.91 Å². The second-order valence-corrected chi connectivity index (χ2v) is 7.57. The van der Waals surface area contributed by atoms with Crippen molar-refractivity contribution in [2.45, 2.75) is 19.0 Å². The van der Waals surface area contributed by atoms with Gasteiger partial charge in [-0.2, -0.15) is 0 Å². The third-order valence-electron chi connectivity index (χ3n) is 5.41. The zero-order valence-corrected chi connectivity index (χ0v) is 16.1. The number of imide groups is 1. The van der Waals surface area contributed by atoms with Crippen LogP contribution in [0.2, 0.25) is 5.02 Å². The maximum absolute atomic E-state index is 13.1. The quantitative estimate of drug-likeness (QED) is 0.739. The van der Waals surface area contributed by atoms with Crippen LogP contribution in [-0.4, -0.2) is 53.8 Å². The Balaban J connectivity index is 1.38. The van der Waals surface area contributed by atoms with Crippen molar-refractivity contribution >= 4 is 29.1 Å². The zero-order chi connectivity index (χ0) is 19.7. The summed E-state index contributed by atoms with van der Waals surface area (Å²) in [5, 5.41) is 0.761. The number of piperazine rings is 1. The van der Waals surface area contributed by atoms with Crippen molar-refractivity contribution in [1.29, 1.82) is 0 Å². The fraction of sp³-hybridized carbons (Fsp3) is 0.333. The van der Waals surface area contributed by atoms with E-state index in [1.165, 1.54) is 29.2 Å². The van der Waals surface area contributed by atoms with Crippen LogP contribution in [0, 0.1) is 5.82 Å². The Labute approximate surface area is 168 Å². The predicted molar refractivity (Wildman–Crippen MR) is 106 cm³/mol. The van der Waals surface area contributed by atoms with E-state index >= 15 is 0 Å². The van der Waals surface area contributed by atoms with E-state index in [0.29, 0.717) is 18.8 Å². The molecule has 1 unspecified atom stereocenters. The molecule has 7 heteroatoms. The van der Waals surface area contributed by atoms with Gasteiger partial charge in [0, 0.05) is 37.7 Å². The van der Waals surface area contributed by atoms with Gasteiger partial charge in [-0.3, -0.25) is 19.4 Å². The lowest BCUT2D eigenvalue weighted by Crippen LogP contribution is -2.52. The number of hydrogen-bond acceptors (Lipinski definition) is 4. The molecule has 0 bridgehead atoms. The van der Waals surface area contributed by atoms with E-state index in [-0.39, 0.29) is 18.2 Å². The van der Waals surface area contributed by atoms with Gasteiger partial charge in [-0.1, -0.05) is 29.8 Å². The normalized spacial score (nSPS) is 21.5. The number of benzene rings is 2. The van der Waals surface area contributed by atoms with Gasteiger partial charge in [0.25, 0.3) is 5.91 Å². The monoisotopic (exact) mass is 401 g/mol. The van der Waals surface area contributed by atoms with Crippen LogP contribution in [0.1, 0.15) is 12.0 Å². The van der Waals surface area contributed by atoms with Crippen LogP contribution in [0.15, 0.2) is 48.5 Å². The van der Waals surface area contributed by atoms with Crippen molar-refractivity contribution in [3.8, 4) is 0 Å². The van der Waals surface area contributed by atoms with Crippen molar-refractivity contribution in [3.63, 3.8) is 0 Å². The van der Waals surface area contributed by atoms with Crippen LogP contribution in [0.3, 0.4) is 0 Å². The van der Waals surface area contributed by atoms with Crippen molar-refractivity contribution in [3.05, 3.63) is 64.9 Å². The molecule has 0 saturated carbocycles. The van der Waals surface area contributed by atoms with E-state index in [0.717, 1.165) is 30.2 Å². The number of nitrogens with zero attached hydrogens (tertiary/aromatic N) is 3. The Hall–Kier alpha value is -2.28. The summed E-state index contributed by atoms with van der Waals surface area (Å²) >= 11 is 6.25. The molecular weight excluding hydrogens is 381 g/mol. The van der Waals surface area contributed by atoms with E-state index < -0.39 is 11.9 Å². The fourth-order valence-corrected chi connectivity index (χ4v) is 4.06. The largest absolute Gasteiger partial charge is 0.296 e. The van der Waals surface area contributed by atoms with Gasteiger partial charge in [-0.05, 0) is 35.9 Å². The third kappa shape index (κ3) is 3.81. The second-order valence-electron chi connectivity index (χ2n) is 7.17. The van der Waals surface area contributed by atoms with Crippen LogP contribution < -0.4 is 4.90 Å². The third-order valence-corrected chi connectivity index (χ3v) is 5.78. The molecule has 2 aliphatic rings. The maximum atomic E-state index is 13.1. The molecule has 1 atom stereocenters. The van der Waals surface area contributed by atoms with Crippen LogP contribution in [0.4, 0.5) is 10.1 Å². The summed E-state index contributed by atoms with van der Waals surface area (Å²) in [6, 6.07) is 12.8. The number of hydrogen-bond donors (Lipinski definition) is 0. The average molecular weight is 402 g/mol. The molecule has 2 aliphatic heterocycles. The minimum absolute atomic E-state index is 0.167. The molecule has 5 nitrogen and oxygen atoms in total. The van der Waals surface area contributed by atoms with Gasteiger partial charge in [0.05, 0.1) is 18.2 Å². The van der Waals surface area contributed by atoms with Crippen molar-refractivity contribution in [1.82, 2.24) is 9.80 Å². The first-order valence-electron chi connectivity index (χ1n) is 9.35. The summed E-state index contributed by atoms with van der Waals surface area (Å²) in [5.41, 5.74) is 1.52. The molecule has 2 fully saturated rings. The van der Waals surface area contributed by atoms with Gasteiger partial charge in [0.1, 0.15) is 5.82 Å². The summed E-state index contributed by atoms with van der Waals surface area (Å²) in [4.78, 5) is 30.8. The lowest BCUT2D eigenvalue weighted by Gasteiger charge is -2.37. The van der Waals surface area contributed by atoms with Crippen LogP contribution >= 0.6 is 11.6 Å². The molecule has 0 radical (unpaired) electrons. The molecule has 2 amide bonds. The van der Waals surface area contributed by atoms with Gasteiger partial charge in [0.15, 0.2) is 0 Å². The summed E-state index contributed by atoms with van der Waals surface area (Å²) < 4.78 is 13.1. The molecular formula is C21H21ClFN3O2. The number of carbonyl (C=O) groups is 2. The van der Waals surface area contributed by atoms with Crippen LogP contribution in [0.5, 0.6) is 0 Å². The van der Waals surface area contributed by atoms with E-state index in [2.05, 4.69) is 9.80 Å². The molecule has 28 heavy (non-hydrogen) atoms. The van der Waals surface area contributed by atoms with Crippen molar-refractivity contribution < 1.29 is 14.0 Å². The maximum Gasteiger partial charge on any atom is 0.251 e. The Morgan fingerprint density at radius 1 is 0.964 bits per heavy atom. The number of amides is 2. The fourth-order valence-electron chi connectivity index (χ4n) is 3.86. The molecule has 2 saturated heterocycles. The van der Waals surface area contributed by atoms with Crippen molar-refractivity contribution in [2.75, 3.05) is 31.1 Å². The highest BCUT2D eigenvalue weighted by molar-refractivity contribution is 6.31. The molecule has 2 aromatic rings. The Morgan fingerprint density at radius 2 is 1.64 bits per heavy atom. The first-order valence-corrected chi connectivity index (χ1v) is 9.73. The lowest BCUT2D eigenvalue weighted by atomic mass is 10.1. The molecule has 2 heterocycles. The molecule has 0 spiro atoms. The number of rotatable bonds is 4. The molecule has 4 rings (SSSR count). The first-order chi connectivity index (χ1) is 13.5. The summed E-state index contributed by atoms with van der Waals surface area (Å²) in [6.45, 7) is 3.81. The Kier molecular flexibility index (Phi) is 5.44. The van der Waals surface area contributed by atoms with Crippen LogP contribution in [0.25, 0.3) is 0 Å². The van der Waals surface area contributed by atoms with Gasteiger partial charge < -0.3 is 0 Å². The Bertz CT molecular complexity index is 881. The summed E-state index contributed by atoms with van der Waals surface area (Å²) in [5.74, 6) is -0.856. The minimum atomic E-state index is -0.444. The zero-order valence-electron chi connectivity index (χ0n) is 15.4. The minimum Gasteiger partial charge on any atom is -0.296 e. The second kappa shape index (κ2) is 7.99. The predicted octanol–water partition coefficient (Wildman–Crippen LogP) is 2.93. The summed E-state index contributed by atoms with van der Waals surface area (Å²) in [7, 11) is 0. The molecule has 0 aromatic heterocycles. The number of halogens is 2. The van der Waals surface area contributed by atoms with Gasteiger partial charge >= 0.3 is 0 Å². The SMILES string of the molecule is O=C1CC(N2CCN(Cc3ccccc3Cl)CC2)C(=O)N1c1ccc(F)cc1. The average Bonchev–Trinajstić information content (AvgIpc) is 2.99. The lowest BCUT2D eigenvalue weighted by molar-refractivity contribution is -0.123. The highest BCUT2D eigenvalue weighted by Gasteiger charge is 2.43. The first kappa shape index (κ1) is 19.1. The van der Waals surface area contributed by atoms with Crippen molar-refractivity contribution in [2.24, 2.45) is 0 Å². The molecule has 0 aliphatic carbocycles. The topological polar surface area (TPSA) is 43.9 Å². The molecule has 2 aromatic carbocycles. The van der Waals surface area contributed by atoms with E-state index in [1.807, 2.05) is 24.3 Å². The molecule has 146 valence electrons. The van der Waals surface area contributed by atoms with E-state index in [9.17, 15) is 14.0 Å². The number of anilines is 1. The van der Waals surface area contributed by atoms with Gasteiger partial charge in [-0.25, -0.2) is 9.29 Å². The summed E-state index contributed by atoms with van der Waals surface area (Å²) in [6.07, 6.45) is 0.167. The van der Waals surface area contributed by atoms with Gasteiger partial charge in [-0.15, -0.1) is 0 Å². The Morgan fingerprint density at radius 3 is 2.32 bits per heavy atom. The highest BCUT2D eigenvalue weighted by Crippen LogP contribution is 2.27. The standard InChI is InChI=1S/C21H21ClFN3O2/c22-18-4-2-1-3-15(18)14-24-9-11-25(12-10-24)19-13-20(27)26(21(19)28)17-7-5-16(23)6-8-17/h1-8,19H,9-14H2. The number of carbonyl (C=O) groups excluding carboxylic acids is 2. The van der Waals surface area contributed by atoms with E-state index in [4.69, 9.17) is 11.6 Å². The van der Waals surface area contributed by atoms with E-state index in [1.54, 1.807) is 0 Å². The molecule has 0 N–H and O–H groups in total.